The smallest absolute Gasteiger partial charge is 0.0705 e. The number of aromatic nitrogens is 1. The fraction of sp³-hybridized carbons (Fsp3) is 0.438. The molecular weight excluding hydrogens is 234 g/mol. The van der Waals surface area contributed by atoms with Gasteiger partial charge < -0.3 is 10.6 Å². The Morgan fingerprint density at radius 1 is 1.00 bits per heavy atom. The Kier molecular flexibility index (Phi) is 4.51. The fourth-order valence-corrected chi connectivity index (χ4v) is 1.95. The summed E-state index contributed by atoms with van der Waals surface area (Å²) in [5, 5.41) is 8.06. The number of pyridine rings is 1. The maximum Gasteiger partial charge on any atom is 0.0705 e. The van der Waals surface area contributed by atoms with Crippen LogP contribution in [0.5, 0.6) is 0 Å². The number of hydrogen-bond acceptors (Lipinski definition) is 3. The van der Waals surface area contributed by atoms with Gasteiger partial charge in [0.05, 0.1) is 11.2 Å². The zero-order valence-corrected chi connectivity index (χ0v) is 12.0. The summed E-state index contributed by atoms with van der Waals surface area (Å²) in [6.45, 7) is 9.27. The number of para-hydroxylation sites is 1. The topological polar surface area (TPSA) is 37.0 Å². The highest BCUT2D eigenvalue weighted by Crippen LogP contribution is 2.11. The molecular formula is C16H23N3. The molecule has 0 saturated carbocycles. The summed E-state index contributed by atoms with van der Waals surface area (Å²) < 4.78 is 0. The lowest BCUT2D eigenvalue weighted by molar-refractivity contribution is 0.421. The first-order valence-electron chi connectivity index (χ1n) is 6.85. The van der Waals surface area contributed by atoms with Crippen LogP contribution in [0.1, 0.15) is 26.5 Å². The van der Waals surface area contributed by atoms with Gasteiger partial charge in [-0.2, -0.15) is 0 Å². The molecule has 0 bridgehead atoms. The molecule has 0 amide bonds. The summed E-state index contributed by atoms with van der Waals surface area (Å²) in [5.74, 6) is 0. The van der Waals surface area contributed by atoms with E-state index in [0.717, 1.165) is 30.8 Å². The van der Waals surface area contributed by atoms with E-state index < -0.39 is 0 Å². The highest BCUT2D eigenvalue weighted by molar-refractivity contribution is 5.78. The zero-order chi connectivity index (χ0) is 13.7. The van der Waals surface area contributed by atoms with Gasteiger partial charge in [-0.1, -0.05) is 24.3 Å². The van der Waals surface area contributed by atoms with Crippen molar-refractivity contribution in [3.8, 4) is 0 Å². The largest absolute Gasteiger partial charge is 0.311 e. The first-order valence-corrected chi connectivity index (χ1v) is 6.85. The lowest BCUT2D eigenvalue weighted by Crippen LogP contribution is -2.40. The Labute approximate surface area is 115 Å². The molecule has 102 valence electrons. The van der Waals surface area contributed by atoms with Crippen molar-refractivity contribution in [3.05, 3.63) is 42.1 Å². The van der Waals surface area contributed by atoms with Crippen molar-refractivity contribution in [1.82, 2.24) is 15.6 Å². The van der Waals surface area contributed by atoms with Gasteiger partial charge in [-0.15, -0.1) is 0 Å². The maximum absolute atomic E-state index is 4.64. The molecule has 3 nitrogen and oxygen atoms in total. The Hall–Kier alpha value is -1.45. The molecule has 0 unspecified atom stereocenters. The van der Waals surface area contributed by atoms with Gasteiger partial charge in [0.25, 0.3) is 0 Å². The summed E-state index contributed by atoms with van der Waals surface area (Å²) in [4.78, 5) is 4.64. The third-order valence-corrected chi connectivity index (χ3v) is 2.92. The van der Waals surface area contributed by atoms with E-state index in [1.54, 1.807) is 0 Å². The molecule has 2 rings (SSSR count). The molecule has 0 spiro atoms. The fourth-order valence-electron chi connectivity index (χ4n) is 1.95. The van der Waals surface area contributed by atoms with Crippen molar-refractivity contribution < 1.29 is 0 Å². The van der Waals surface area contributed by atoms with Crippen molar-refractivity contribution >= 4 is 10.9 Å². The maximum atomic E-state index is 4.64. The van der Waals surface area contributed by atoms with Gasteiger partial charge in [0.2, 0.25) is 0 Å². The quantitative estimate of drug-likeness (QED) is 0.809. The normalized spacial score (nSPS) is 11.9. The summed E-state index contributed by atoms with van der Waals surface area (Å²) in [6.07, 6.45) is 0. The SMILES string of the molecule is CC(C)(C)NCCNCc1ccc2ccccc2n1. The number of nitrogens with zero attached hydrogens (tertiary/aromatic N) is 1. The Morgan fingerprint density at radius 2 is 1.79 bits per heavy atom. The molecule has 0 radical (unpaired) electrons. The molecule has 19 heavy (non-hydrogen) atoms. The van der Waals surface area contributed by atoms with Crippen LogP contribution < -0.4 is 10.6 Å². The molecule has 2 N–H and O–H groups in total. The van der Waals surface area contributed by atoms with Gasteiger partial charge in [0, 0.05) is 30.6 Å². The Bertz CT molecular complexity index is 529. The van der Waals surface area contributed by atoms with Gasteiger partial charge in [0.15, 0.2) is 0 Å². The van der Waals surface area contributed by atoms with Crippen LogP contribution in [-0.4, -0.2) is 23.6 Å². The predicted molar refractivity (Wildman–Crippen MR) is 81.2 cm³/mol. The Balaban J connectivity index is 1.82. The average Bonchev–Trinajstić information content (AvgIpc) is 2.37. The molecule has 0 fully saturated rings. The van der Waals surface area contributed by atoms with Crippen LogP contribution in [0.15, 0.2) is 36.4 Å². The van der Waals surface area contributed by atoms with Gasteiger partial charge in [0.1, 0.15) is 0 Å². The monoisotopic (exact) mass is 257 g/mol. The minimum Gasteiger partial charge on any atom is -0.311 e. The van der Waals surface area contributed by atoms with Gasteiger partial charge in [-0.3, -0.25) is 4.98 Å². The number of benzene rings is 1. The van der Waals surface area contributed by atoms with E-state index in [-0.39, 0.29) is 5.54 Å². The van der Waals surface area contributed by atoms with Crippen LogP contribution in [0.4, 0.5) is 0 Å². The number of fused-ring (bicyclic) bond motifs is 1. The van der Waals surface area contributed by atoms with Crippen molar-refractivity contribution in [2.24, 2.45) is 0 Å². The van der Waals surface area contributed by atoms with Crippen LogP contribution in [0.25, 0.3) is 10.9 Å². The third kappa shape index (κ3) is 4.62. The molecule has 1 aromatic carbocycles. The van der Waals surface area contributed by atoms with E-state index >= 15 is 0 Å². The predicted octanol–water partition coefficient (Wildman–Crippen LogP) is 2.71. The number of nitrogens with one attached hydrogen (secondary N) is 2. The highest BCUT2D eigenvalue weighted by atomic mass is 15.0. The van der Waals surface area contributed by atoms with E-state index in [0.29, 0.717) is 0 Å². The minimum absolute atomic E-state index is 0.183. The molecule has 0 atom stereocenters. The molecule has 0 aliphatic rings. The van der Waals surface area contributed by atoms with E-state index in [2.05, 4.69) is 60.7 Å². The highest BCUT2D eigenvalue weighted by Gasteiger charge is 2.06. The van der Waals surface area contributed by atoms with Gasteiger partial charge >= 0.3 is 0 Å². The van der Waals surface area contributed by atoms with Gasteiger partial charge in [-0.25, -0.2) is 0 Å². The Morgan fingerprint density at radius 3 is 2.58 bits per heavy atom. The second-order valence-electron chi connectivity index (χ2n) is 5.85. The van der Waals surface area contributed by atoms with Crippen LogP contribution in [-0.2, 0) is 6.54 Å². The second-order valence-corrected chi connectivity index (χ2v) is 5.85. The zero-order valence-electron chi connectivity index (χ0n) is 12.0. The summed E-state index contributed by atoms with van der Waals surface area (Å²) in [7, 11) is 0. The summed E-state index contributed by atoms with van der Waals surface area (Å²) in [6, 6.07) is 12.4. The first-order chi connectivity index (χ1) is 9.04. The molecule has 0 aliphatic carbocycles. The first kappa shape index (κ1) is 14.0. The second kappa shape index (κ2) is 6.13. The van der Waals surface area contributed by atoms with Crippen LogP contribution in [0.2, 0.25) is 0 Å². The average molecular weight is 257 g/mol. The van der Waals surface area contributed by atoms with Crippen LogP contribution in [0, 0.1) is 0 Å². The minimum atomic E-state index is 0.183. The lowest BCUT2D eigenvalue weighted by atomic mass is 10.1. The van der Waals surface area contributed by atoms with E-state index in [1.165, 1.54) is 5.39 Å². The molecule has 3 heteroatoms. The van der Waals surface area contributed by atoms with Gasteiger partial charge in [-0.05, 0) is 32.9 Å². The molecule has 1 aromatic heterocycles. The van der Waals surface area contributed by atoms with Crippen molar-refractivity contribution in [1.29, 1.82) is 0 Å². The standard InChI is InChI=1S/C16H23N3/c1-16(2,3)18-11-10-17-12-14-9-8-13-6-4-5-7-15(13)19-14/h4-9,17-18H,10-12H2,1-3H3. The lowest BCUT2D eigenvalue weighted by Gasteiger charge is -2.20. The third-order valence-electron chi connectivity index (χ3n) is 2.92. The van der Waals surface area contributed by atoms with Crippen LogP contribution in [0.3, 0.4) is 0 Å². The summed E-state index contributed by atoms with van der Waals surface area (Å²) in [5.41, 5.74) is 2.34. The van der Waals surface area contributed by atoms with E-state index in [1.807, 2.05) is 12.1 Å². The molecule has 0 saturated heterocycles. The number of rotatable bonds is 5. The molecule has 2 aromatic rings. The van der Waals surface area contributed by atoms with E-state index in [4.69, 9.17) is 0 Å². The van der Waals surface area contributed by atoms with Crippen molar-refractivity contribution in [2.45, 2.75) is 32.9 Å². The molecule has 0 aliphatic heterocycles. The van der Waals surface area contributed by atoms with E-state index in [9.17, 15) is 0 Å². The molecule has 1 heterocycles. The van der Waals surface area contributed by atoms with Crippen molar-refractivity contribution in [3.63, 3.8) is 0 Å². The number of hydrogen-bond donors (Lipinski definition) is 2. The summed E-state index contributed by atoms with van der Waals surface area (Å²) >= 11 is 0. The van der Waals surface area contributed by atoms with Crippen molar-refractivity contribution in [2.75, 3.05) is 13.1 Å². The van der Waals surface area contributed by atoms with Crippen LogP contribution >= 0.6 is 0 Å².